The van der Waals surface area contributed by atoms with Crippen molar-refractivity contribution in [1.82, 2.24) is 15.1 Å². The van der Waals surface area contributed by atoms with Crippen LogP contribution in [-0.4, -0.2) is 16.3 Å². The fourth-order valence-corrected chi connectivity index (χ4v) is 2.18. The molecule has 0 fully saturated rings. The van der Waals surface area contributed by atoms with Crippen molar-refractivity contribution in [2.75, 3.05) is 6.54 Å². The molecule has 3 nitrogen and oxygen atoms in total. The zero-order chi connectivity index (χ0) is 13.2. The van der Waals surface area contributed by atoms with Crippen LogP contribution in [0.15, 0.2) is 0 Å². The van der Waals surface area contributed by atoms with E-state index in [1.165, 1.54) is 17.7 Å². The maximum Gasteiger partial charge on any atom is 0.0644 e. The van der Waals surface area contributed by atoms with Crippen molar-refractivity contribution in [3.05, 3.63) is 17.0 Å². The second kappa shape index (κ2) is 5.21. The number of nitrogens with one attached hydrogen (secondary N) is 1. The Morgan fingerprint density at radius 2 is 1.88 bits per heavy atom. The van der Waals surface area contributed by atoms with E-state index in [1.807, 2.05) is 11.7 Å². The van der Waals surface area contributed by atoms with Crippen molar-refractivity contribution in [3.63, 3.8) is 0 Å². The Morgan fingerprint density at radius 3 is 2.29 bits per heavy atom. The molecule has 1 heterocycles. The van der Waals surface area contributed by atoms with E-state index in [1.54, 1.807) is 0 Å². The van der Waals surface area contributed by atoms with Gasteiger partial charge in [-0.1, -0.05) is 20.8 Å². The molecule has 0 spiro atoms. The first-order valence-corrected chi connectivity index (χ1v) is 6.46. The van der Waals surface area contributed by atoms with Gasteiger partial charge in [-0.15, -0.1) is 0 Å². The maximum absolute atomic E-state index is 4.47. The molecule has 0 saturated heterocycles. The minimum absolute atomic E-state index is 0.381. The van der Waals surface area contributed by atoms with Gasteiger partial charge in [0.1, 0.15) is 0 Å². The number of nitrogens with zero attached hydrogens (tertiary/aromatic N) is 2. The van der Waals surface area contributed by atoms with Crippen molar-refractivity contribution in [1.29, 1.82) is 0 Å². The highest BCUT2D eigenvalue weighted by Crippen LogP contribution is 2.22. The molecule has 1 atom stereocenters. The van der Waals surface area contributed by atoms with Gasteiger partial charge in [0.2, 0.25) is 0 Å². The molecule has 0 aromatic carbocycles. The SMILES string of the molecule is Cc1nn(C)c(C)c1C(C)NCCC(C)(C)C. The highest BCUT2D eigenvalue weighted by atomic mass is 15.3. The number of rotatable bonds is 4. The summed E-state index contributed by atoms with van der Waals surface area (Å²) in [6.07, 6.45) is 1.19. The van der Waals surface area contributed by atoms with E-state index in [2.05, 4.69) is 52.0 Å². The summed E-state index contributed by atoms with van der Waals surface area (Å²) in [5.74, 6) is 0. The number of hydrogen-bond donors (Lipinski definition) is 1. The lowest BCUT2D eigenvalue weighted by atomic mass is 9.92. The lowest BCUT2D eigenvalue weighted by molar-refractivity contribution is 0.357. The highest BCUT2D eigenvalue weighted by Gasteiger charge is 2.16. The Morgan fingerprint density at radius 1 is 1.29 bits per heavy atom. The molecule has 17 heavy (non-hydrogen) atoms. The van der Waals surface area contributed by atoms with Gasteiger partial charge < -0.3 is 5.32 Å². The van der Waals surface area contributed by atoms with E-state index in [-0.39, 0.29) is 0 Å². The lowest BCUT2D eigenvalue weighted by Gasteiger charge is -2.21. The molecular formula is C14H27N3. The zero-order valence-corrected chi connectivity index (χ0v) is 12.4. The Kier molecular flexibility index (Phi) is 4.36. The molecule has 0 amide bonds. The van der Waals surface area contributed by atoms with Crippen LogP contribution in [0.2, 0.25) is 0 Å². The van der Waals surface area contributed by atoms with Crippen LogP contribution in [0.3, 0.4) is 0 Å². The smallest absolute Gasteiger partial charge is 0.0644 e. The standard InChI is InChI=1S/C14H27N3/c1-10(15-9-8-14(4,5)6)13-11(2)16-17(7)12(13)3/h10,15H,8-9H2,1-7H3. The topological polar surface area (TPSA) is 29.9 Å². The summed E-state index contributed by atoms with van der Waals surface area (Å²) in [5.41, 5.74) is 4.14. The van der Waals surface area contributed by atoms with Gasteiger partial charge in [-0.25, -0.2) is 0 Å². The molecule has 3 heteroatoms. The van der Waals surface area contributed by atoms with Crippen LogP contribution in [0.4, 0.5) is 0 Å². The monoisotopic (exact) mass is 237 g/mol. The van der Waals surface area contributed by atoms with Crippen molar-refractivity contribution < 1.29 is 0 Å². The van der Waals surface area contributed by atoms with Crippen LogP contribution >= 0.6 is 0 Å². The van der Waals surface area contributed by atoms with Crippen molar-refractivity contribution in [2.45, 2.75) is 54.0 Å². The molecular weight excluding hydrogens is 210 g/mol. The van der Waals surface area contributed by atoms with E-state index in [0.717, 1.165) is 12.2 Å². The van der Waals surface area contributed by atoms with Crippen LogP contribution in [0.1, 0.15) is 57.1 Å². The number of hydrogen-bond acceptors (Lipinski definition) is 2. The summed E-state index contributed by atoms with van der Waals surface area (Å²) in [5, 5.41) is 8.06. The molecule has 0 saturated carbocycles. The van der Waals surface area contributed by atoms with E-state index < -0.39 is 0 Å². The van der Waals surface area contributed by atoms with Crippen LogP contribution in [-0.2, 0) is 7.05 Å². The summed E-state index contributed by atoms with van der Waals surface area (Å²) in [7, 11) is 2.01. The van der Waals surface area contributed by atoms with Gasteiger partial charge in [-0.05, 0) is 39.2 Å². The van der Waals surface area contributed by atoms with Gasteiger partial charge in [-0.2, -0.15) is 5.10 Å². The second-order valence-corrected chi connectivity index (χ2v) is 6.19. The first-order chi connectivity index (χ1) is 7.72. The van der Waals surface area contributed by atoms with Crippen LogP contribution in [0.25, 0.3) is 0 Å². The van der Waals surface area contributed by atoms with Crippen molar-refractivity contribution in [2.24, 2.45) is 12.5 Å². The lowest BCUT2D eigenvalue weighted by Crippen LogP contribution is -2.24. The molecule has 0 radical (unpaired) electrons. The minimum atomic E-state index is 0.381. The fraction of sp³-hybridized carbons (Fsp3) is 0.786. The van der Waals surface area contributed by atoms with E-state index in [9.17, 15) is 0 Å². The predicted molar refractivity (Wildman–Crippen MR) is 73.2 cm³/mol. The molecule has 1 N–H and O–H groups in total. The van der Waals surface area contributed by atoms with Gasteiger partial charge in [0.25, 0.3) is 0 Å². The number of aryl methyl sites for hydroxylation is 2. The van der Waals surface area contributed by atoms with Gasteiger partial charge in [-0.3, -0.25) is 4.68 Å². The molecule has 1 rings (SSSR count). The molecule has 0 aliphatic carbocycles. The Labute approximate surface area is 106 Å². The maximum atomic E-state index is 4.47. The minimum Gasteiger partial charge on any atom is -0.310 e. The van der Waals surface area contributed by atoms with E-state index in [4.69, 9.17) is 0 Å². The average molecular weight is 237 g/mol. The molecule has 0 aliphatic heterocycles. The molecule has 1 aromatic heterocycles. The van der Waals surface area contributed by atoms with Crippen molar-refractivity contribution >= 4 is 0 Å². The second-order valence-electron chi connectivity index (χ2n) is 6.19. The third-order valence-electron chi connectivity index (χ3n) is 3.32. The van der Waals surface area contributed by atoms with Gasteiger partial charge in [0, 0.05) is 24.3 Å². The Hall–Kier alpha value is -0.830. The van der Waals surface area contributed by atoms with Gasteiger partial charge in [0.05, 0.1) is 5.69 Å². The largest absolute Gasteiger partial charge is 0.310 e. The Balaban J connectivity index is 2.61. The van der Waals surface area contributed by atoms with Gasteiger partial charge in [0.15, 0.2) is 0 Å². The van der Waals surface area contributed by atoms with Crippen molar-refractivity contribution in [3.8, 4) is 0 Å². The summed E-state index contributed by atoms with van der Waals surface area (Å²) in [4.78, 5) is 0. The molecule has 98 valence electrons. The summed E-state index contributed by atoms with van der Waals surface area (Å²) >= 11 is 0. The average Bonchev–Trinajstić information content (AvgIpc) is 2.38. The summed E-state index contributed by atoms with van der Waals surface area (Å²) in [6.45, 7) is 14.3. The third kappa shape index (κ3) is 3.84. The third-order valence-corrected chi connectivity index (χ3v) is 3.32. The van der Waals surface area contributed by atoms with E-state index in [0.29, 0.717) is 11.5 Å². The normalized spacial score (nSPS) is 14.1. The van der Waals surface area contributed by atoms with Crippen LogP contribution in [0, 0.1) is 19.3 Å². The number of aromatic nitrogens is 2. The summed E-state index contributed by atoms with van der Waals surface area (Å²) < 4.78 is 1.96. The highest BCUT2D eigenvalue weighted by molar-refractivity contribution is 5.27. The first-order valence-electron chi connectivity index (χ1n) is 6.46. The van der Waals surface area contributed by atoms with Crippen LogP contribution < -0.4 is 5.32 Å². The first kappa shape index (κ1) is 14.2. The molecule has 0 bridgehead atoms. The Bertz CT molecular complexity index is 372. The summed E-state index contributed by atoms with van der Waals surface area (Å²) in [6, 6.07) is 0.381. The van der Waals surface area contributed by atoms with Gasteiger partial charge >= 0.3 is 0 Å². The quantitative estimate of drug-likeness (QED) is 0.872. The predicted octanol–water partition coefficient (Wildman–Crippen LogP) is 3.12. The zero-order valence-electron chi connectivity index (χ0n) is 12.4. The molecule has 1 unspecified atom stereocenters. The molecule has 0 aliphatic rings. The molecule has 1 aromatic rings. The van der Waals surface area contributed by atoms with E-state index >= 15 is 0 Å². The fourth-order valence-electron chi connectivity index (χ4n) is 2.18. The van der Waals surface area contributed by atoms with Crippen LogP contribution in [0.5, 0.6) is 0 Å².